The number of carbonyl (C=O) groups excluding carboxylic acids is 1. The van der Waals surface area contributed by atoms with Crippen molar-refractivity contribution in [2.75, 3.05) is 33.2 Å². The van der Waals surface area contributed by atoms with E-state index in [1.165, 1.54) is 0 Å². The maximum atomic E-state index is 11.8. The number of hydrogen-bond donors (Lipinski definition) is 0. The van der Waals surface area contributed by atoms with Gasteiger partial charge in [0.05, 0.1) is 12.6 Å². The van der Waals surface area contributed by atoms with Gasteiger partial charge < -0.3 is 14.4 Å². The summed E-state index contributed by atoms with van der Waals surface area (Å²) in [6.45, 7) is 4.42. The van der Waals surface area contributed by atoms with Crippen LogP contribution in [-0.2, 0) is 13.6 Å². The minimum atomic E-state index is 0.177. The van der Waals surface area contributed by atoms with Crippen molar-refractivity contribution in [1.29, 1.82) is 0 Å². The van der Waals surface area contributed by atoms with E-state index in [0.29, 0.717) is 6.04 Å². The normalized spacial score (nSPS) is 24.8. The number of aromatic nitrogens is 2. The van der Waals surface area contributed by atoms with E-state index in [1.807, 2.05) is 36.3 Å². The van der Waals surface area contributed by atoms with Crippen molar-refractivity contribution in [2.45, 2.75) is 12.6 Å². The van der Waals surface area contributed by atoms with Gasteiger partial charge in [0.25, 0.3) is 0 Å². The molecular formula is C12H19N5O. The summed E-state index contributed by atoms with van der Waals surface area (Å²) in [5.74, 6) is 1.08. The highest BCUT2D eigenvalue weighted by atomic mass is 16.2. The molecule has 0 saturated carbocycles. The Bertz CT molecular complexity index is 457. The Balaban J connectivity index is 1.65. The number of imidazole rings is 1. The largest absolute Gasteiger partial charge is 0.337 e. The predicted molar refractivity (Wildman–Crippen MR) is 67.0 cm³/mol. The van der Waals surface area contributed by atoms with Crippen LogP contribution in [-0.4, -0.2) is 69.6 Å². The van der Waals surface area contributed by atoms with E-state index >= 15 is 0 Å². The molecule has 0 aliphatic carbocycles. The molecule has 6 heteroatoms. The molecule has 2 amide bonds. The van der Waals surface area contributed by atoms with Crippen LogP contribution >= 0.6 is 0 Å². The van der Waals surface area contributed by atoms with Gasteiger partial charge in [0.2, 0.25) is 0 Å². The first-order valence-electron chi connectivity index (χ1n) is 6.35. The highest BCUT2D eigenvalue weighted by molar-refractivity contribution is 5.77. The number of urea groups is 1. The van der Waals surface area contributed by atoms with Gasteiger partial charge in [-0.1, -0.05) is 0 Å². The number of fused-ring (bicyclic) bond motifs is 1. The fourth-order valence-electron chi connectivity index (χ4n) is 2.83. The quantitative estimate of drug-likeness (QED) is 0.739. The van der Waals surface area contributed by atoms with Crippen LogP contribution in [0.2, 0.25) is 0 Å². The molecule has 3 heterocycles. The molecule has 2 fully saturated rings. The van der Waals surface area contributed by atoms with Crippen molar-refractivity contribution in [2.24, 2.45) is 7.05 Å². The summed E-state index contributed by atoms with van der Waals surface area (Å²) in [5.41, 5.74) is 0. The molecule has 0 spiro atoms. The molecule has 0 N–H and O–H groups in total. The summed E-state index contributed by atoms with van der Waals surface area (Å²) in [6, 6.07) is 0.521. The van der Waals surface area contributed by atoms with E-state index in [0.717, 1.165) is 38.5 Å². The van der Waals surface area contributed by atoms with E-state index in [1.54, 1.807) is 0 Å². The SMILES string of the molecule is CN1C[C@H]2CN(Cc3nccn3C)CCN2C1=O. The van der Waals surface area contributed by atoms with Crippen LogP contribution in [0, 0.1) is 0 Å². The lowest BCUT2D eigenvalue weighted by Crippen LogP contribution is -2.51. The number of likely N-dealkylation sites (N-methyl/N-ethyl adjacent to an activating group) is 1. The molecule has 1 atom stereocenters. The zero-order valence-corrected chi connectivity index (χ0v) is 10.9. The highest BCUT2D eigenvalue weighted by Gasteiger charge is 2.38. The van der Waals surface area contributed by atoms with Crippen LogP contribution in [0.3, 0.4) is 0 Å². The molecule has 2 aliphatic rings. The van der Waals surface area contributed by atoms with Crippen molar-refractivity contribution < 1.29 is 4.79 Å². The van der Waals surface area contributed by atoms with E-state index in [-0.39, 0.29) is 6.03 Å². The van der Waals surface area contributed by atoms with E-state index in [2.05, 4.69) is 14.5 Å². The second-order valence-corrected chi connectivity index (χ2v) is 5.20. The van der Waals surface area contributed by atoms with Gasteiger partial charge in [0, 0.05) is 52.7 Å². The number of hydrogen-bond acceptors (Lipinski definition) is 3. The first-order chi connectivity index (χ1) is 8.65. The van der Waals surface area contributed by atoms with Gasteiger partial charge >= 0.3 is 6.03 Å². The van der Waals surface area contributed by atoms with Crippen molar-refractivity contribution >= 4 is 6.03 Å². The van der Waals surface area contributed by atoms with Crippen LogP contribution in [0.25, 0.3) is 0 Å². The predicted octanol–water partition coefficient (Wildman–Crippen LogP) is -0.0283. The third-order valence-corrected chi connectivity index (χ3v) is 3.91. The molecule has 0 aromatic carbocycles. The molecule has 0 unspecified atom stereocenters. The monoisotopic (exact) mass is 249 g/mol. The molecule has 3 rings (SSSR count). The second kappa shape index (κ2) is 4.28. The average Bonchev–Trinajstić information content (AvgIpc) is 2.86. The second-order valence-electron chi connectivity index (χ2n) is 5.20. The zero-order valence-electron chi connectivity index (χ0n) is 10.9. The van der Waals surface area contributed by atoms with Gasteiger partial charge in [-0.05, 0) is 0 Å². The number of piperazine rings is 1. The first-order valence-corrected chi connectivity index (χ1v) is 6.35. The maximum absolute atomic E-state index is 11.8. The standard InChI is InChI=1S/C12H19N5O/c1-14-4-3-13-11(14)9-16-5-6-17-10(8-16)7-15(2)12(17)18/h3-4,10H,5-9H2,1-2H3/t10-/m0/s1. The highest BCUT2D eigenvalue weighted by Crippen LogP contribution is 2.20. The van der Waals surface area contributed by atoms with E-state index in [4.69, 9.17) is 0 Å². The van der Waals surface area contributed by atoms with Gasteiger partial charge in [-0.2, -0.15) is 0 Å². The van der Waals surface area contributed by atoms with Gasteiger partial charge in [-0.25, -0.2) is 9.78 Å². The van der Waals surface area contributed by atoms with Crippen molar-refractivity contribution in [3.8, 4) is 0 Å². The van der Waals surface area contributed by atoms with Crippen LogP contribution in [0.5, 0.6) is 0 Å². The molecule has 0 radical (unpaired) electrons. The zero-order chi connectivity index (χ0) is 12.7. The molecular weight excluding hydrogens is 230 g/mol. The Hall–Kier alpha value is -1.56. The molecule has 18 heavy (non-hydrogen) atoms. The van der Waals surface area contributed by atoms with Crippen molar-refractivity contribution in [1.82, 2.24) is 24.3 Å². The lowest BCUT2D eigenvalue weighted by molar-refractivity contribution is 0.114. The van der Waals surface area contributed by atoms with Gasteiger partial charge in [0.15, 0.2) is 0 Å². The van der Waals surface area contributed by atoms with E-state index in [9.17, 15) is 4.79 Å². The first kappa shape index (κ1) is 11.5. The number of carbonyl (C=O) groups is 1. The number of aryl methyl sites for hydroxylation is 1. The molecule has 1 aromatic rings. The van der Waals surface area contributed by atoms with Crippen molar-refractivity contribution in [3.05, 3.63) is 18.2 Å². The van der Waals surface area contributed by atoms with Crippen LogP contribution in [0.4, 0.5) is 4.79 Å². The Morgan fingerprint density at radius 3 is 2.89 bits per heavy atom. The molecule has 1 aromatic heterocycles. The van der Waals surface area contributed by atoms with Gasteiger partial charge in [0.1, 0.15) is 5.82 Å². The maximum Gasteiger partial charge on any atom is 0.320 e. The summed E-state index contributed by atoms with van der Waals surface area (Å²) in [4.78, 5) is 22.4. The molecule has 6 nitrogen and oxygen atoms in total. The number of rotatable bonds is 2. The Morgan fingerprint density at radius 1 is 1.33 bits per heavy atom. The smallest absolute Gasteiger partial charge is 0.320 e. The van der Waals surface area contributed by atoms with Gasteiger partial charge in [-0.3, -0.25) is 4.90 Å². The van der Waals surface area contributed by atoms with Crippen LogP contribution < -0.4 is 0 Å². The van der Waals surface area contributed by atoms with Crippen molar-refractivity contribution in [3.63, 3.8) is 0 Å². The lowest BCUT2D eigenvalue weighted by Gasteiger charge is -2.36. The summed E-state index contributed by atoms with van der Waals surface area (Å²) in [5, 5.41) is 0. The molecule has 2 aliphatic heterocycles. The van der Waals surface area contributed by atoms with Crippen LogP contribution in [0.15, 0.2) is 12.4 Å². The third kappa shape index (κ3) is 1.86. The average molecular weight is 249 g/mol. The minimum Gasteiger partial charge on any atom is -0.337 e. The third-order valence-electron chi connectivity index (χ3n) is 3.91. The Morgan fingerprint density at radius 2 is 2.17 bits per heavy atom. The van der Waals surface area contributed by atoms with Gasteiger partial charge in [-0.15, -0.1) is 0 Å². The number of nitrogens with zero attached hydrogens (tertiary/aromatic N) is 5. The summed E-state index contributed by atoms with van der Waals surface area (Å²) < 4.78 is 2.05. The summed E-state index contributed by atoms with van der Waals surface area (Å²) in [7, 11) is 3.90. The summed E-state index contributed by atoms with van der Waals surface area (Å²) in [6.07, 6.45) is 3.80. The molecule has 0 bridgehead atoms. The topological polar surface area (TPSA) is 44.6 Å². The fourth-order valence-corrected chi connectivity index (χ4v) is 2.83. The summed E-state index contributed by atoms with van der Waals surface area (Å²) >= 11 is 0. The molecule has 98 valence electrons. The Labute approximate surface area is 107 Å². The molecule has 2 saturated heterocycles. The minimum absolute atomic E-state index is 0.177. The number of amides is 2. The lowest BCUT2D eigenvalue weighted by atomic mass is 10.2. The fraction of sp³-hybridized carbons (Fsp3) is 0.667. The van der Waals surface area contributed by atoms with Crippen LogP contribution in [0.1, 0.15) is 5.82 Å². The Kier molecular flexibility index (Phi) is 2.74. The van der Waals surface area contributed by atoms with E-state index < -0.39 is 0 Å².